The van der Waals surface area contributed by atoms with Crippen molar-refractivity contribution in [2.45, 2.75) is 17.7 Å². The predicted molar refractivity (Wildman–Crippen MR) is 92.3 cm³/mol. The zero-order valence-corrected chi connectivity index (χ0v) is 14.7. The predicted octanol–water partition coefficient (Wildman–Crippen LogP) is 2.44. The standard InChI is InChI=1S/C18H22N2O3S/c1-14-7-3-4-9-18(14)24(21,22)20-11-15(13-23-2)16(12-20)17-8-5-6-10-19-17/h3-10,15-16H,11-13H2,1-2H3/t15-,16+/m0/s1. The zero-order valence-electron chi connectivity index (χ0n) is 13.9. The Balaban J connectivity index is 1.92. The number of methoxy groups -OCH3 is 1. The molecule has 3 rings (SSSR count). The minimum atomic E-state index is -3.51. The molecule has 1 fully saturated rings. The molecule has 1 aliphatic heterocycles. The van der Waals surface area contributed by atoms with Crippen molar-refractivity contribution in [3.63, 3.8) is 0 Å². The summed E-state index contributed by atoms with van der Waals surface area (Å²) in [6.07, 6.45) is 1.75. The third kappa shape index (κ3) is 3.22. The monoisotopic (exact) mass is 346 g/mol. The molecule has 1 aromatic heterocycles. The lowest BCUT2D eigenvalue weighted by Gasteiger charge is -2.17. The van der Waals surface area contributed by atoms with E-state index in [0.717, 1.165) is 11.3 Å². The number of pyridine rings is 1. The Labute approximate surface area is 143 Å². The van der Waals surface area contributed by atoms with Crippen molar-refractivity contribution in [1.29, 1.82) is 0 Å². The van der Waals surface area contributed by atoms with E-state index in [0.29, 0.717) is 24.6 Å². The van der Waals surface area contributed by atoms with Crippen LogP contribution in [0.15, 0.2) is 53.6 Å². The second-order valence-electron chi connectivity index (χ2n) is 6.16. The summed E-state index contributed by atoms with van der Waals surface area (Å²) in [6.45, 7) is 3.22. The fourth-order valence-corrected chi connectivity index (χ4v) is 5.07. The molecule has 24 heavy (non-hydrogen) atoms. The largest absolute Gasteiger partial charge is 0.384 e. The van der Waals surface area contributed by atoms with Crippen LogP contribution in [0.2, 0.25) is 0 Å². The second kappa shape index (κ2) is 7.01. The fraction of sp³-hybridized carbons (Fsp3) is 0.389. The number of rotatable bonds is 5. The van der Waals surface area contributed by atoms with Crippen molar-refractivity contribution in [1.82, 2.24) is 9.29 Å². The first-order valence-electron chi connectivity index (χ1n) is 7.99. The van der Waals surface area contributed by atoms with Gasteiger partial charge in [0.05, 0.1) is 11.5 Å². The van der Waals surface area contributed by atoms with Crippen LogP contribution in [0.5, 0.6) is 0 Å². The quantitative estimate of drug-likeness (QED) is 0.834. The van der Waals surface area contributed by atoms with Gasteiger partial charge < -0.3 is 4.74 Å². The molecule has 1 aromatic carbocycles. The van der Waals surface area contributed by atoms with Gasteiger partial charge in [0.25, 0.3) is 0 Å². The van der Waals surface area contributed by atoms with E-state index in [1.165, 1.54) is 0 Å². The number of aromatic nitrogens is 1. The van der Waals surface area contributed by atoms with Crippen LogP contribution < -0.4 is 0 Å². The molecule has 2 heterocycles. The maximum absolute atomic E-state index is 13.0. The summed E-state index contributed by atoms with van der Waals surface area (Å²) in [4.78, 5) is 4.80. The third-order valence-electron chi connectivity index (χ3n) is 4.57. The number of ether oxygens (including phenoxy) is 1. The fourth-order valence-electron chi connectivity index (χ4n) is 3.33. The Morgan fingerprint density at radius 2 is 1.92 bits per heavy atom. The Bertz CT molecular complexity index is 793. The number of benzene rings is 1. The van der Waals surface area contributed by atoms with Gasteiger partial charge in [-0.25, -0.2) is 8.42 Å². The van der Waals surface area contributed by atoms with Crippen LogP contribution in [0.4, 0.5) is 0 Å². The molecular weight excluding hydrogens is 324 g/mol. The molecular formula is C18H22N2O3S. The van der Waals surface area contributed by atoms with Crippen LogP contribution >= 0.6 is 0 Å². The van der Waals surface area contributed by atoms with E-state index in [9.17, 15) is 8.42 Å². The molecule has 0 radical (unpaired) electrons. The van der Waals surface area contributed by atoms with Crippen molar-refractivity contribution in [2.24, 2.45) is 5.92 Å². The van der Waals surface area contributed by atoms with E-state index in [1.807, 2.05) is 37.3 Å². The van der Waals surface area contributed by atoms with Crippen LogP contribution in [0.3, 0.4) is 0 Å². The van der Waals surface area contributed by atoms with Gasteiger partial charge in [0, 0.05) is 43.9 Å². The van der Waals surface area contributed by atoms with Gasteiger partial charge in [0.15, 0.2) is 0 Å². The van der Waals surface area contributed by atoms with Crippen LogP contribution in [-0.2, 0) is 14.8 Å². The molecule has 0 spiro atoms. The Kier molecular flexibility index (Phi) is 4.99. The van der Waals surface area contributed by atoms with Crippen LogP contribution in [0.1, 0.15) is 17.2 Å². The van der Waals surface area contributed by atoms with Gasteiger partial charge in [0.2, 0.25) is 10.0 Å². The van der Waals surface area contributed by atoms with Crippen LogP contribution in [-0.4, -0.2) is 44.5 Å². The minimum absolute atomic E-state index is 0.0462. The summed E-state index contributed by atoms with van der Waals surface area (Å²) in [5.74, 6) is 0.147. The average Bonchev–Trinajstić information content (AvgIpc) is 3.01. The Hall–Kier alpha value is -1.76. The van der Waals surface area contributed by atoms with Gasteiger partial charge in [0.1, 0.15) is 0 Å². The first-order chi connectivity index (χ1) is 11.5. The molecule has 2 atom stereocenters. The number of hydrogen-bond acceptors (Lipinski definition) is 4. The first kappa shape index (κ1) is 17.1. The maximum atomic E-state index is 13.0. The van der Waals surface area contributed by atoms with Crippen molar-refractivity contribution in [3.05, 3.63) is 59.9 Å². The summed E-state index contributed by atoms with van der Waals surface area (Å²) in [7, 11) is -1.86. The van der Waals surface area contributed by atoms with Gasteiger partial charge >= 0.3 is 0 Å². The molecule has 1 saturated heterocycles. The van der Waals surface area contributed by atoms with Gasteiger partial charge in [-0.2, -0.15) is 4.31 Å². The summed E-state index contributed by atoms with van der Waals surface area (Å²) in [6, 6.07) is 12.9. The highest BCUT2D eigenvalue weighted by Crippen LogP contribution is 2.35. The Morgan fingerprint density at radius 3 is 2.58 bits per heavy atom. The average molecular weight is 346 g/mol. The van der Waals surface area contributed by atoms with Crippen molar-refractivity contribution in [3.8, 4) is 0 Å². The lowest BCUT2D eigenvalue weighted by atomic mass is 9.93. The number of hydrogen-bond donors (Lipinski definition) is 0. The molecule has 128 valence electrons. The third-order valence-corrected chi connectivity index (χ3v) is 6.56. The number of nitrogens with zero attached hydrogens (tertiary/aromatic N) is 2. The lowest BCUT2D eigenvalue weighted by molar-refractivity contribution is 0.150. The highest BCUT2D eigenvalue weighted by atomic mass is 32.2. The highest BCUT2D eigenvalue weighted by molar-refractivity contribution is 7.89. The normalized spacial score (nSPS) is 21.9. The SMILES string of the molecule is COC[C@@H]1CN(S(=O)(=O)c2ccccc2C)C[C@H]1c1ccccn1. The molecule has 0 amide bonds. The van der Waals surface area contributed by atoms with Gasteiger partial charge in [-0.1, -0.05) is 24.3 Å². The molecule has 5 nitrogen and oxygen atoms in total. The van der Waals surface area contributed by atoms with Crippen molar-refractivity contribution >= 4 is 10.0 Å². The lowest BCUT2D eigenvalue weighted by Crippen LogP contribution is -2.30. The van der Waals surface area contributed by atoms with Crippen molar-refractivity contribution in [2.75, 3.05) is 26.8 Å². The van der Waals surface area contributed by atoms with Gasteiger partial charge in [-0.3, -0.25) is 4.98 Å². The summed E-state index contributed by atoms with van der Waals surface area (Å²) in [5.41, 5.74) is 1.68. The summed E-state index contributed by atoms with van der Waals surface area (Å²) < 4.78 is 33.0. The van der Waals surface area contributed by atoms with E-state index in [2.05, 4.69) is 4.98 Å². The van der Waals surface area contributed by atoms with Crippen molar-refractivity contribution < 1.29 is 13.2 Å². The molecule has 0 saturated carbocycles. The molecule has 6 heteroatoms. The van der Waals surface area contributed by atoms with E-state index in [1.54, 1.807) is 29.7 Å². The first-order valence-corrected chi connectivity index (χ1v) is 9.43. The Morgan fingerprint density at radius 1 is 1.17 bits per heavy atom. The molecule has 2 aromatic rings. The summed E-state index contributed by atoms with van der Waals surface area (Å²) >= 11 is 0. The number of aryl methyl sites for hydroxylation is 1. The second-order valence-corrected chi connectivity index (χ2v) is 8.07. The minimum Gasteiger partial charge on any atom is -0.384 e. The van der Waals surface area contributed by atoms with E-state index in [-0.39, 0.29) is 11.8 Å². The summed E-state index contributed by atoms with van der Waals surface area (Å²) in [5, 5.41) is 0. The van der Waals surface area contributed by atoms with Crippen LogP contribution in [0, 0.1) is 12.8 Å². The van der Waals surface area contributed by atoms with E-state index < -0.39 is 10.0 Å². The van der Waals surface area contributed by atoms with Gasteiger partial charge in [-0.05, 0) is 30.7 Å². The van der Waals surface area contributed by atoms with E-state index in [4.69, 9.17) is 4.74 Å². The van der Waals surface area contributed by atoms with Gasteiger partial charge in [-0.15, -0.1) is 0 Å². The molecule has 0 bridgehead atoms. The maximum Gasteiger partial charge on any atom is 0.243 e. The smallest absolute Gasteiger partial charge is 0.243 e. The van der Waals surface area contributed by atoms with Crippen LogP contribution in [0.25, 0.3) is 0 Å². The van der Waals surface area contributed by atoms with E-state index >= 15 is 0 Å². The molecule has 0 aliphatic carbocycles. The zero-order chi connectivity index (χ0) is 17.2. The molecule has 0 N–H and O–H groups in total. The molecule has 1 aliphatic rings. The molecule has 0 unspecified atom stereocenters. The highest BCUT2D eigenvalue weighted by Gasteiger charge is 2.40. The topological polar surface area (TPSA) is 59.5 Å². The number of sulfonamides is 1.